The molecule has 58 valence electrons. The summed E-state index contributed by atoms with van der Waals surface area (Å²) >= 11 is 0. The second-order valence-corrected chi connectivity index (χ2v) is 3.47. The van der Waals surface area contributed by atoms with Gasteiger partial charge in [-0.3, -0.25) is 0 Å². The Morgan fingerprint density at radius 3 is 2.60 bits per heavy atom. The van der Waals surface area contributed by atoms with Gasteiger partial charge in [-0.05, 0) is 31.1 Å². The second-order valence-electron chi connectivity index (χ2n) is 3.47. The predicted molar refractivity (Wildman–Crippen MR) is 37.7 cm³/mol. The van der Waals surface area contributed by atoms with Gasteiger partial charge in [-0.15, -0.1) is 0 Å². The molecule has 0 spiro atoms. The number of hydrogen-bond acceptors (Lipinski definition) is 2. The van der Waals surface area contributed by atoms with Gasteiger partial charge < -0.3 is 9.84 Å². The van der Waals surface area contributed by atoms with Crippen LogP contribution in [0.1, 0.15) is 19.3 Å². The van der Waals surface area contributed by atoms with E-state index < -0.39 is 0 Å². The molecule has 0 amide bonds. The molecule has 2 fully saturated rings. The third kappa shape index (κ3) is 1.18. The van der Waals surface area contributed by atoms with E-state index in [1.54, 1.807) is 0 Å². The highest BCUT2D eigenvalue weighted by Gasteiger charge is 2.36. The lowest BCUT2D eigenvalue weighted by Crippen LogP contribution is -2.10. The molecule has 0 aromatic carbocycles. The molecule has 1 heterocycles. The van der Waals surface area contributed by atoms with Crippen molar-refractivity contribution in [3.05, 3.63) is 0 Å². The summed E-state index contributed by atoms with van der Waals surface area (Å²) in [6.45, 7) is 1.11. The summed E-state index contributed by atoms with van der Waals surface area (Å²) in [5.41, 5.74) is 0. The van der Waals surface area contributed by atoms with Crippen molar-refractivity contribution >= 4 is 0 Å². The fourth-order valence-electron chi connectivity index (χ4n) is 1.76. The lowest BCUT2D eigenvalue weighted by atomic mass is 10.0. The predicted octanol–water partition coefficient (Wildman–Crippen LogP) is 0.794. The van der Waals surface area contributed by atoms with Crippen molar-refractivity contribution in [2.24, 2.45) is 11.8 Å². The Balaban J connectivity index is 1.81. The van der Waals surface area contributed by atoms with Crippen LogP contribution in [-0.4, -0.2) is 24.4 Å². The van der Waals surface area contributed by atoms with Crippen LogP contribution in [0.5, 0.6) is 0 Å². The first-order chi connectivity index (χ1) is 4.90. The number of ether oxygens (including phenoxy) is 1. The zero-order chi connectivity index (χ0) is 6.97. The molecule has 0 bridgehead atoms. The van der Waals surface area contributed by atoms with E-state index in [0.717, 1.165) is 24.9 Å². The highest BCUT2D eigenvalue weighted by atomic mass is 16.5. The van der Waals surface area contributed by atoms with Crippen LogP contribution in [0.25, 0.3) is 0 Å². The first kappa shape index (κ1) is 6.62. The van der Waals surface area contributed by atoms with Gasteiger partial charge in [-0.25, -0.2) is 0 Å². The van der Waals surface area contributed by atoms with Crippen LogP contribution >= 0.6 is 0 Å². The van der Waals surface area contributed by atoms with Crippen molar-refractivity contribution < 1.29 is 9.84 Å². The van der Waals surface area contributed by atoms with Gasteiger partial charge >= 0.3 is 0 Å². The average Bonchev–Trinajstić information content (AvgIpc) is 2.70. The molecule has 2 atom stereocenters. The monoisotopic (exact) mass is 142 g/mol. The molecule has 0 aromatic rings. The van der Waals surface area contributed by atoms with E-state index in [-0.39, 0.29) is 12.7 Å². The van der Waals surface area contributed by atoms with Crippen molar-refractivity contribution in [2.45, 2.75) is 25.4 Å². The van der Waals surface area contributed by atoms with Crippen molar-refractivity contribution in [3.8, 4) is 0 Å². The Morgan fingerprint density at radius 2 is 2.10 bits per heavy atom. The third-order valence-electron chi connectivity index (χ3n) is 2.60. The Labute approximate surface area is 61.2 Å². The molecule has 2 rings (SSSR count). The third-order valence-corrected chi connectivity index (χ3v) is 2.60. The molecule has 0 unspecified atom stereocenters. The summed E-state index contributed by atoms with van der Waals surface area (Å²) in [7, 11) is 0. The van der Waals surface area contributed by atoms with Gasteiger partial charge in [0.05, 0.1) is 19.3 Å². The lowest BCUT2D eigenvalue weighted by Gasteiger charge is -2.03. The van der Waals surface area contributed by atoms with Crippen molar-refractivity contribution in [2.75, 3.05) is 13.2 Å². The fraction of sp³-hybridized carbons (Fsp3) is 1.00. The van der Waals surface area contributed by atoms with Gasteiger partial charge in [-0.2, -0.15) is 0 Å². The molecule has 0 aromatic heterocycles. The van der Waals surface area contributed by atoms with Gasteiger partial charge in [0, 0.05) is 0 Å². The summed E-state index contributed by atoms with van der Waals surface area (Å²) < 4.78 is 5.37. The maximum Gasteiger partial charge on any atom is 0.0809 e. The van der Waals surface area contributed by atoms with Crippen LogP contribution in [0, 0.1) is 11.8 Å². The highest BCUT2D eigenvalue weighted by molar-refractivity contribution is 4.86. The zero-order valence-corrected chi connectivity index (χ0v) is 6.12. The minimum absolute atomic E-state index is 0.158. The van der Waals surface area contributed by atoms with E-state index in [0.29, 0.717) is 0 Å². The van der Waals surface area contributed by atoms with Crippen LogP contribution in [0.4, 0.5) is 0 Å². The first-order valence-electron chi connectivity index (χ1n) is 4.12. The minimum atomic E-state index is 0.158. The van der Waals surface area contributed by atoms with E-state index in [9.17, 15) is 0 Å². The standard InChI is InChI=1S/C8H14O2/c9-4-8-3-7(5-10-8)6-1-2-6/h6-9H,1-5H2/t7-,8+/m1/s1. The van der Waals surface area contributed by atoms with E-state index in [1.807, 2.05) is 0 Å². The van der Waals surface area contributed by atoms with Crippen molar-refractivity contribution in [1.82, 2.24) is 0 Å². The van der Waals surface area contributed by atoms with E-state index >= 15 is 0 Å². The van der Waals surface area contributed by atoms with Gasteiger partial charge in [-0.1, -0.05) is 0 Å². The van der Waals surface area contributed by atoms with Gasteiger partial charge in [0.1, 0.15) is 0 Å². The van der Waals surface area contributed by atoms with E-state index in [4.69, 9.17) is 9.84 Å². The Kier molecular flexibility index (Phi) is 1.66. The second kappa shape index (κ2) is 2.51. The minimum Gasteiger partial charge on any atom is -0.394 e. The van der Waals surface area contributed by atoms with E-state index in [2.05, 4.69) is 0 Å². The number of rotatable bonds is 2. The average molecular weight is 142 g/mol. The molecule has 2 heteroatoms. The molecule has 1 saturated heterocycles. The molecule has 0 radical (unpaired) electrons. The molecule has 1 N–H and O–H groups in total. The van der Waals surface area contributed by atoms with Crippen LogP contribution in [-0.2, 0) is 4.74 Å². The Hall–Kier alpha value is -0.0800. The van der Waals surface area contributed by atoms with E-state index in [1.165, 1.54) is 12.8 Å². The number of aliphatic hydroxyl groups is 1. The molecule has 2 aliphatic rings. The Bertz CT molecular complexity index is 120. The normalized spacial score (nSPS) is 40.5. The summed E-state index contributed by atoms with van der Waals surface area (Å²) in [4.78, 5) is 0. The molecular formula is C8H14O2. The smallest absolute Gasteiger partial charge is 0.0809 e. The maximum atomic E-state index is 8.76. The topological polar surface area (TPSA) is 29.5 Å². The first-order valence-corrected chi connectivity index (χ1v) is 4.12. The van der Waals surface area contributed by atoms with Crippen LogP contribution in [0.15, 0.2) is 0 Å². The SMILES string of the molecule is OC[C@@H]1C[C@@H](C2CC2)CO1. The molecule has 1 aliphatic carbocycles. The fourth-order valence-corrected chi connectivity index (χ4v) is 1.76. The van der Waals surface area contributed by atoms with Gasteiger partial charge in [0.25, 0.3) is 0 Å². The van der Waals surface area contributed by atoms with Crippen LogP contribution < -0.4 is 0 Å². The van der Waals surface area contributed by atoms with Crippen molar-refractivity contribution in [3.63, 3.8) is 0 Å². The highest BCUT2D eigenvalue weighted by Crippen LogP contribution is 2.41. The van der Waals surface area contributed by atoms with Crippen LogP contribution in [0.2, 0.25) is 0 Å². The quantitative estimate of drug-likeness (QED) is 0.617. The number of aliphatic hydroxyl groups excluding tert-OH is 1. The largest absolute Gasteiger partial charge is 0.394 e. The number of hydrogen-bond donors (Lipinski definition) is 1. The molecule has 2 nitrogen and oxygen atoms in total. The summed E-state index contributed by atoms with van der Waals surface area (Å²) in [6.07, 6.45) is 4.05. The summed E-state index contributed by atoms with van der Waals surface area (Å²) in [6, 6.07) is 0. The molecule has 1 aliphatic heterocycles. The van der Waals surface area contributed by atoms with Gasteiger partial charge in [0.15, 0.2) is 0 Å². The van der Waals surface area contributed by atoms with Crippen molar-refractivity contribution in [1.29, 1.82) is 0 Å². The molecule has 10 heavy (non-hydrogen) atoms. The molecule has 1 saturated carbocycles. The van der Waals surface area contributed by atoms with Crippen LogP contribution in [0.3, 0.4) is 0 Å². The zero-order valence-electron chi connectivity index (χ0n) is 6.12. The summed E-state index contributed by atoms with van der Waals surface area (Å²) in [5.74, 6) is 1.72. The van der Waals surface area contributed by atoms with Gasteiger partial charge in [0.2, 0.25) is 0 Å². The lowest BCUT2D eigenvalue weighted by molar-refractivity contribution is 0.0568. The maximum absolute atomic E-state index is 8.76. The molecular weight excluding hydrogens is 128 g/mol. The summed E-state index contributed by atoms with van der Waals surface area (Å²) in [5, 5.41) is 8.76. The Morgan fingerprint density at radius 1 is 1.30 bits per heavy atom.